The second kappa shape index (κ2) is 4.99. The van der Waals surface area contributed by atoms with Gasteiger partial charge in [-0.2, -0.15) is 0 Å². The molecule has 0 saturated carbocycles. The lowest BCUT2D eigenvalue weighted by Gasteiger charge is -2.01. The van der Waals surface area contributed by atoms with Gasteiger partial charge in [-0.05, 0) is 13.3 Å². The Morgan fingerprint density at radius 2 is 2.30 bits per heavy atom. The van der Waals surface area contributed by atoms with Gasteiger partial charge in [-0.25, -0.2) is 0 Å². The largest absolute Gasteiger partial charge is 0.481 e. The van der Waals surface area contributed by atoms with Gasteiger partial charge >= 0.3 is 5.97 Å². The third-order valence-electron chi connectivity index (χ3n) is 1.05. The summed E-state index contributed by atoms with van der Waals surface area (Å²) in [6.45, 7) is 1.83. The van der Waals surface area contributed by atoms with Crippen LogP contribution in [-0.4, -0.2) is 22.3 Å². The van der Waals surface area contributed by atoms with E-state index >= 15 is 0 Å². The predicted octanol–water partition coefficient (Wildman–Crippen LogP) is 0.788. The summed E-state index contributed by atoms with van der Waals surface area (Å²) in [5, 5.41) is 17.1. The highest BCUT2D eigenvalue weighted by Gasteiger charge is 2.05. The van der Waals surface area contributed by atoms with E-state index in [2.05, 4.69) is 0 Å². The number of carboxylic acid groups (broad SMARTS) is 1. The van der Waals surface area contributed by atoms with E-state index < -0.39 is 12.1 Å². The molecule has 0 radical (unpaired) electrons. The molecule has 58 valence electrons. The molecule has 0 aromatic heterocycles. The van der Waals surface area contributed by atoms with Crippen molar-refractivity contribution in [2.24, 2.45) is 0 Å². The SMILES string of the molecule is C/C=C/CC(O)CC(=O)O. The Labute approximate surface area is 60.0 Å². The van der Waals surface area contributed by atoms with E-state index in [1.807, 2.05) is 6.92 Å². The number of aliphatic hydroxyl groups is 1. The summed E-state index contributed by atoms with van der Waals surface area (Å²) >= 11 is 0. The molecule has 0 bridgehead atoms. The molecule has 0 spiro atoms. The summed E-state index contributed by atoms with van der Waals surface area (Å²) < 4.78 is 0. The highest BCUT2D eigenvalue weighted by atomic mass is 16.4. The van der Waals surface area contributed by atoms with Crippen molar-refractivity contribution in [3.63, 3.8) is 0 Å². The summed E-state index contributed by atoms with van der Waals surface area (Å²) in [6, 6.07) is 0. The average Bonchev–Trinajstić information content (AvgIpc) is 1.82. The summed E-state index contributed by atoms with van der Waals surface area (Å²) in [4.78, 5) is 9.99. The molecule has 3 heteroatoms. The monoisotopic (exact) mass is 144 g/mol. The highest BCUT2D eigenvalue weighted by Crippen LogP contribution is 1.97. The van der Waals surface area contributed by atoms with Crippen molar-refractivity contribution in [3.05, 3.63) is 12.2 Å². The molecule has 0 saturated heterocycles. The number of hydrogen-bond acceptors (Lipinski definition) is 2. The van der Waals surface area contributed by atoms with Crippen LogP contribution >= 0.6 is 0 Å². The standard InChI is InChI=1S/C7H12O3/c1-2-3-4-6(8)5-7(9)10/h2-3,6,8H,4-5H2,1H3,(H,9,10)/b3-2+. The van der Waals surface area contributed by atoms with E-state index in [1.165, 1.54) is 0 Å². The van der Waals surface area contributed by atoms with E-state index in [9.17, 15) is 4.79 Å². The van der Waals surface area contributed by atoms with E-state index in [1.54, 1.807) is 12.2 Å². The number of carbonyl (C=O) groups is 1. The summed E-state index contributed by atoms with van der Waals surface area (Å²) in [5.41, 5.74) is 0. The van der Waals surface area contributed by atoms with Gasteiger partial charge in [-0.1, -0.05) is 12.2 Å². The van der Waals surface area contributed by atoms with E-state index in [0.29, 0.717) is 6.42 Å². The maximum atomic E-state index is 9.99. The number of carboxylic acids is 1. The number of allylic oxidation sites excluding steroid dienone is 1. The molecule has 0 aliphatic carbocycles. The van der Waals surface area contributed by atoms with E-state index in [4.69, 9.17) is 10.2 Å². The van der Waals surface area contributed by atoms with Crippen molar-refractivity contribution in [3.8, 4) is 0 Å². The Hall–Kier alpha value is -0.830. The first-order chi connectivity index (χ1) is 4.66. The maximum Gasteiger partial charge on any atom is 0.305 e. The Balaban J connectivity index is 3.43. The molecule has 1 unspecified atom stereocenters. The lowest BCUT2D eigenvalue weighted by atomic mass is 10.2. The van der Waals surface area contributed by atoms with Crippen molar-refractivity contribution in [1.82, 2.24) is 0 Å². The Morgan fingerprint density at radius 3 is 2.70 bits per heavy atom. The van der Waals surface area contributed by atoms with Gasteiger partial charge < -0.3 is 10.2 Å². The lowest BCUT2D eigenvalue weighted by Crippen LogP contribution is -2.11. The number of rotatable bonds is 4. The molecule has 0 aromatic carbocycles. The Bertz CT molecular complexity index is 129. The second-order valence-corrected chi connectivity index (χ2v) is 2.06. The van der Waals surface area contributed by atoms with Gasteiger partial charge in [-0.3, -0.25) is 4.79 Å². The first kappa shape index (κ1) is 9.17. The zero-order chi connectivity index (χ0) is 7.98. The smallest absolute Gasteiger partial charge is 0.305 e. The Kier molecular flexibility index (Phi) is 4.58. The molecule has 0 aromatic rings. The van der Waals surface area contributed by atoms with Crippen LogP contribution in [0.3, 0.4) is 0 Å². The number of aliphatic hydroxyl groups excluding tert-OH is 1. The van der Waals surface area contributed by atoms with Crippen LogP contribution in [0.5, 0.6) is 0 Å². The van der Waals surface area contributed by atoms with Gasteiger partial charge in [0, 0.05) is 0 Å². The van der Waals surface area contributed by atoms with Gasteiger partial charge in [0.2, 0.25) is 0 Å². The van der Waals surface area contributed by atoms with Crippen LogP contribution in [0.4, 0.5) is 0 Å². The molecule has 0 heterocycles. The topological polar surface area (TPSA) is 57.5 Å². The minimum Gasteiger partial charge on any atom is -0.481 e. The molecule has 0 fully saturated rings. The summed E-state index contributed by atoms with van der Waals surface area (Å²) in [6.07, 6.45) is 3.03. The van der Waals surface area contributed by atoms with Gasteiger partial charge in [0.15, 0.2) is 0 Å². The van der Waals surface area contributed by atoms with Crippen LogP contribution in [0, 0.1) is 0 Å². The fraction of sp³-hybridized carbons (Fsp3) is 0.571. The molecule has 3 nitrogen and oxygen atoms in total. The highest BCUT2D eigenvalue weighted by molar-refractivity contribution is 5.67. The van der Waals surface area contributed by atoms with Crippen LogP contribution in [-0.2, 0) is 4.79 Å². The van der Waals surface area contributed by atoms with Crippen LogP contribution in [0.2, 0.25) is 0 Å². The van der Waals surface area contributed by atoms with E-state index in [-0.39, 0.29) is 6.42 Å². The molecule has 0 rings (SSSR count). The van der Waals surface area contributed by atoms with Crippen LogP contribution in [0.1, 0.15) is 19.8 Å². The van der Waals surface area contributed by atoms with Crippen LogP contribution in [0.15, 0.2) is 12.2 Å². The molecule has 1 atom stereocenters. The lowest BCUT2D eigenvalue weighted by molar-refractivity contribution is -0.139. The van der Waals surface area contributed by atoms with Crippen LogP contribution in [0.25, 0.3) is 0 Å². The van der Waals surface area contributed by atoms with Crippen molar-refractivity contribution < 1.29 is 15.0 Å². The van der Waals surface area contributed by atoms with Gasteiger partial charge in [0.25, 0.3) is 0 Å². The van der Waals surface area contributed by atoms with Crippen LogP contribution < -0.4 is 0 Å². The van der Waals surface area contributed by atoms with Gasteiger partial charge in [0.05, 0.1) is 12.5 Å². The normalized spacial score (nSPS) is 13.8. The number of hydrogen-bond donors (Lipinski definition) is 2. The van der Waals surface area contributed by atoms with Gasteiger partial charge in [-0.15, -0.1) is 0 Å². The molecular formula is C7H12O3. The summed E-state index contributed by atoms with van der Waals surface area (Å²) in [5.74, 6) is -0.961. The van der Waals surface area contributed by atoms with Crippen molar-refractivity contribution in [2.45, 2.75) is 25.9 Å². The minimum absolute atomic E-state index is 0.176. The minimum atomic E-state index is -0.961. The van der Waals surface area contributed by atoms with E-state index in [0.717, 1.165) is 0 Å². The maximum absolute atomic E-state index is 9.99. The molecule has 0 aliphatic heterocycles. The van der Waals surface area contributed by atoms with Crippen molar-refractivity contribution >= 4 is 5.97 Å². The third kappa shape index (κ3) is 5.31. The first-order valence-electron chi connectivity index (χ1n) is 3.17. The molecule has 10 heavy (non-hydrogen) atoms. The zero-order valence-corrected chi connectivity index (χ0v) is 5.95. The second-order valence-electron chi connectivity index (χ2n) is 2.06. The predicted molar refractivity (Wildman–Crippen MR) is 37.7 cm³/mol. The zero-order valence-electron chi connectivity index (χ0n) is 5.95. The van der Waals surface area contributed by atoms with Crippen molar-refractivity contribution in [2.75, 3.05) is 0 Å². The molecule has 0 amide bonds. The average molecular weight is 144 g/mol. The van der Waals surface area contributed by atoms with Gasteiger partial charge in [0.1, 0.15) is 0 Å². The fourth-order valence-corrected chi connectivity index (χ4v) is 0.578. The molecular weight excluding hydrogens is 132 g/mol. The Morgan fingerprint density at radius 1 is 1.70 bits per heavy atom. The fourth-order valence-electron chi connectivity index (χ4n) is 0.578. The van der Waals surface area contributed by atoms with Crippen molar-refractivity contribution in [1.29, 1.82) is 0 Å². The first-order valence-corrected chi connectivity index (χ1v) is 3.17. The quantitative estimate of drug-likeness (QED) is 0.573. The molecule has 0 aliphatic rings. The summed E-state index contributed by atoms with van der Waals surface area (Å²) in [7, 11) is 0. The molecule has 2 N–H and O–H groups in total. The third-order valence-corrected chi connectivity index (χ3v) is 1.05. The number of aliphatic carboxylic acids is 1.